The molecule has 0 spiro atoms. The van der Waals surface area contributed by atoms with Crippen molar-refractivity contribution in [3.05, 3.63) is 0 Å². The average Bonchev–Trinajstić information content (AvgIpc) is 0.722. The van der Waals surface area contributed by atoms with Crippen molar-refractivity contribution in [2.24, 2.45) is 0 Å². The van der Waals surface area contributed by atoms with Crippen molar-refractivity contribution in [2.45, 2.75) is 6.43 Å². The molecule has 0 N–H and O–H groups in total. The van der Waals surface area contributed by atoms with Crippen molar-refractivity contribution in [3.8, 4) is 0 Å². The van der Waals surface area contributed by atoms with E-state index < -0.39 is 6.43 Å². The van der Waals surface area contributed by atoms with E-state index in [9.17, 15) is 17.6 Å². The molecule has 0 heterocycles. The second kappa shape index (κ2) is 2.60. The Morgan fingerprint density at radius 2 is 0.833 bits per heavy atom. The molecule has 0 aliphatic heterocycles. The van der Waals surface area contributed by atoms with Crippen LogP contribution in [-0.2, 0) is 22.4 Å². The van der Waals surface area contributed by atoms with E-state index in [2.05, 4.69) is 0 Å². The Morgan fingerprint density at radius 3 is 0.833 bits per heavy atom. The van der Waals surface area contributed by atoms with Gasteiger partial charge in [-0.1, -0.05) is 0 Å². The molecule has 0 bridgehead atoms. The van der Waals surface area contributed by atoms with E-state index in [-0.39, 0.29) is 22.4 Å². The topological polar surface area (TPSA) is 0 Å². The summed E-state index contributed by atoms with van der Waals surface area (Å²) in [5, 5.41) is 0. The molecule has 0 nitrogen and oxygen atoms in total. The van der Waals surface area contributed by atoms with Crippen LogP contribution in [-0.4, -0.2) is 6.43 Å². The first kappa shape index (κ1) is 9.68. The Balaban J connectivity index is 0. The summed E-state index contributed by atoms with van der Waals surface area (Å²) in [5.74, 6) is 0. The van der Waals surface area contributed by atoms with Crippen LogP contribution in [0, 0.1) is 0 Å². The third-order valence-electron chi connectivity index (χ3n) is 0. The predicted molar refractivity (Wildman–Crippen MR) is 7.16 cm³/mol. The van der Waals surface area contributed by atoms with Gasteiger partial charge in [-0.25, -0.2) is 0 Å². The van der Waals surface area contributed by atoms with Gasteiger partial charge >= 0.3 is 6.43 Å². The van der Waals surface area contributed by atoms with Gasteiger partial charge in [-0.15, -0.1) is 17.6 Å². The van der Waals surface area contributed by atoms with Crippen molar-refractivity contribution in [1.82, 2.24) is 0 Å². The minimum absolute atomic E-state index is 0. The normalized spacial score (nSPS) is 10.0. The van der Waals surface area contributed by atoms with E-state index >= 15 is 0 Å². The van der Waals surface area contributed by atoms with Crippen molar-refractivity contribution in [1.29, 1.82) is 0 Å². The Morgan fingerprint density at radius 1 is 0.833 bits per heavy atom. The largest absolute Gasteiger partial charge is 0.559 e. The second-order valence-electron chi connectivity index (χ2n) is 0.429. The minimum atomic E-state index is -5.50. The van der Waals surface area contributed by atoms with Gasteiger partial charge in [0.15, 0.2) is 0 Å². The van der Waals surface area contributed by atoms with Gasteiger partial charge in [-0.2, -0.15) is 0 Å². The molecular weight excluding hydrogens is 269 g/mol. The molecule has 5 heteroatoms. The summed E-state index contributed by atoms with van der Waals surface area (Å²) < 4.78 is 38.8. The van der Waals surface area contributed by atoms with Crippen molar-refractivity contribution >= 4 is 0 Å². The molecule has 0 aromatic heterocycles. The molecule has 0 aliphatic carbocycles. The quantitative estimate of drug-likeness (QED) is 0.584. The van der Waals surface area contributed by atoms with E-state index in [0.29, 0.717) is 0 Å². The molecule has 37 valence electrons. The summed E-state index contributed by atoms with van der Waals surface area (Å²) in [5.41, 5.74) is 0. The molecule has 6 heavy (non-hydrogen) atoms. The van der Waals surface area contributed by atoms with Crippen LogP contribution in [0.4, 0.5) is 17.6 Å². The molecule has 0 fully saturated rings. The molecule has 0 saturated heterocycles. The monoisotopic (exact) mass is 269 g/mol. The summed E-state index contributed by atoms with van der Waals surface area (Å²) >= 11 is 0. The SMILES string of the molecule is FC(F)(F)F.[Ta]. The number of rotatable bonds is 0. The second-order valence-corrected chi connectivity index (χ2v) is 0.429. The van der Waals surface area contributed by atoms with Gasteiger partial charge in [0.25, 0.3) is 0 Å². The summed E-state index contributed by atoms with van der Waals surface area (Å²) in [6.07, 6.45) is -5.50. The fourth-order valence-electron chi connectivity index (χ4n) is 0. The van der Waals surface area contributed by atoms with Crippen molar-refractivity contribution in [2.75, 3.05) is 0 Å². The first-order valence-electron chi connectivity index (χ1n) is 0.756. The van der Waals surface area contributed by atoms with E-state index in [4.69, 9.17) is 0 Å². The zero-order valence-electron chi connectivity index (χ0n) is 2.46. The maximum atomic E-state index is 9.69. The number of alkyl halides is 4. The molecule has 0 saturated carbocycles. The maximum Gasteiger partial charge on any atom is 0.559 e. The van der Waals surface area contributed by atoms with Gasteiger partial charge in [0.1, 0.15) is 0 Å². The molecular formula is CF4Ta. The van der Waals surface area contributed by atoms with Gasteiger partial charge in [0, 0.05) is 22.4 Å². The van der Waals surface area contributed by atoms with Crippen LogP contribution < -0.4 is 0 Å². The molecule has 0 atom stereocenters. The van der Waals surface area contributed by atoms with Crippen LogP contribution in [0.25, 0.3) is 0 Å². The van der Waals surface area contributed by atoms with Gasteiger partial charge in [0.2, 0.25) is 0 Å². The van der Waals surface area contributed by atoms with E-state index in [0.717, 1.165) is 0 Å². The number of halogens is 4. The fourth-order valence-corrected chi connectivity index (χ4v) is 0. The summed E-state index contributed by atoms with van der Waals surface area (Å²) in [4.78, 5) is 0. The van der Waals surface area contributed by atoms with E-state index in [1.807, 2.05) is 0 Å². The first-order valence-corrected chi connectivity index (χ1v) is 0.756. The van der Waals surface area contributed by atoms with Gasteiger partial charge in [-0.3, -0.25) is 0 Å². The molecule has 0 aromatic rings. The van der Waals surface area contributed by atoms with Crippen LogP contribution in [0.2, 0.25) is 0 Å². The zero-order valence-corrected chi connectivity index (χ0v) is 5.67. The minimum Gasteiger partial charge on any atom is -0.140 e. The predicted octanol–water partition coefficient (Wildman–Crippen LogP) is 1.47. The summed E-state index contributed by atoms with van der Waals surface area (Å²) in [7, 11) is 0. The van der Waals surface area contributed by atoms with E-state index in [1.54, 1.807) is 0 Å². The Hall–Kier alpha value is 0.460. The maximum absolute atomic E-state index is 9.69. The van der Waals surface area contributed by atoms with Crippen LogP contribution >= 0.6 is 0 Å². The Kier molecular flexibility index (Phi) is 4.20. The van der Waals surface area contributed by atoms with Crippen molar-refractivity contribution < 1.29 is 39.9 Å². The van der Waals surface area contributed by atoms with Crippen LogP contribution in [0.1, 0.15) is 0 Å². The molecule has 0 amide bonds. The molecule has 0 rings (SSSR count). The first-order chi connectivity index (χ1) is 2.00. The third-order valence-corrected chi connectivity index (χ3v) is 0. The smallest absolute Gasteiger partial charge is 0.140 e. The van der Waals surface area contributed by atoms with Gasteiger partial charge in [0.05, 0.1) is 0 Å². The third kappa shape index (κ3) is 252. The number of hydrogen-bond donors (Lipinski definition) is 0. The van der Waals surface area contributed by atoms with Crippen LogP contribution in [0.5, 0.6) is 0 Å². The molecule has 1 radical (unpaired) electrons. The molecule has 0 unspecified atom stereocenters. The summed E-state index contributed by atoms with van der Waals surface area (Å²) in [6, 6.07) is 0. The Bertz CT molecular complexity index is 23.0. The van der Waals surface area contributed by atoms with Crippen LogP contribution in [0.3, 0.4) is 0 Å². The zero-order chi connectivity index (χ0) is 4.50. The fraction of sp³-hybridized carbons (Fsp3) is 1.00. The van der Waals surface area contributed by atoms with Crippen molar-refractivity contribution in [3.63, 3.8) is 0 Å². The van der Waals surface area contributed by atoms with Gasteiger partial charge in [-0.05, 0) is 0 Å². The summed E-state index contributed by atoms with van der Waals surface area (Å²) in [6.45, 7) is 0. The molecule has 0 aromatic carbocycles. The van der Waals surface area contributed by atoms with E-state index in [1.165, 1.54) is 0 Å². The van der Waals surface area contributed by atoms with Crippen LogP contribution in [0.15, 0.2) is 0 Å². The number of hydrogen-bond acceptors (Lipinski definition) is 0. The molecule has 0 aliphatic rings. The standard InChI is InChI=1S/CF4.Ta/c2-1(3,4)5;. The van der Waals surface area contributed by atoms with Gasteiger partial charge < -0.3 is 0 Å². The average molecular weight is 269 g/mol. The Labute approximate surface area is 47.0 Å².